The van der Waals surface area contributed by atoms with E-state index in [1.807, 2.05) is 26.0 Å². The summed E-state index contributed by atoms with van der Waals surface area (Å²) in [5.41, 5.74) is 3.83. The molecule has 0 unspecified atom stereocenters. The molecule has 0 saturated heterocycles. The molecule has 1 aliphatic rings. The van der Waals surface area contributed by atoms with E-state index in [-0.39, 0.29) is 18.8 Å². The Morgan fingerprint density at radius 2 is 1.35 bits per heavy atom. The van der Waals surface area contributed by atoms with Crippen LogP contribution < -0.4 is 18.9 Å². The summed E-state index contributed by atoms with van der Waals surface area (Å²) in [6.07, 6.45) is 1.94. The van der Waals surface area contributed by atoms with E-state index in [4.69, 9.17) is 24.1 Å². The Hall–Kier alpha value is -2.51. The Kier molecular flexibility index (Phi) is 12.8. The lowest BCUT2D eigenvalue weighted by Gasteiger charge is -2.35. The number of hydrogen-bond donors (Lipinski definition) is 1. The standard InChI is InChI=1S/C24H33NO5.C2H6.CH3F/c1-24(2,9-8-17-6-7-20(30-11-10-26)21(12-17)27-3)25-15-18-13-22(28-4)23(29-5)14-19(18)16-25;2*1-2/h6-7,12-14,26H,8-11,15-16H2,1-5H3;1-2H3;1H3. The van der Waals surface area contributed by atoms with Gasteiger partial charge in [0.1, 0.15) is 6.61 Å². The minimum Gasteiger partial charge on any atom is -0.493 e. The average Bonchev–Trinajstić information content (AvgIpc) is 3.32. The highest BCUT2D eigenvalue weighted by Gasteiger charge is 2.32. The van der Waals surface area contributed by atoms with Crippen LogP contribution in [0.3, 0.4) is 0 Å². The first-order valence-electron chi connectivity index (χ1n) is 11.7. The minimum absolute atomic E-state index is 0.0188. The Morgan fingerprint density at radius 3 is 1.82 bits per heavy atom. The molecule has 1 heterocycles. The Balaban J connectivity index is 0.00000137. The van der Waals surface area contributed by atoms with Crippen molar-refractivity contribution in [3.05, 3.63) is 47.0 Å². The van der Waals surface area contributed by atoms with Gasteiger partial charge in [0.05, 0.1) is 35.1 Å². The molecule has 0 saturated carbocycles. The maximum atomic E-state index is 9.50. The van der Waals surface area contributed by atoms with Crippen molar-refractivity contribution in [1.82, 2.24) is 4.90 Å². The second kappa shape index (κ2) is 14.7. The maximum Gasteiger partial charge on any atom is 0.161 e. The zero-order chi connectivity index (χ0) is 25.7. The second-order valence-corrected chi connectivity index (χ2v) is 8.20. The lowest BCUT2D eigenvalue weighted by molar-refractivity contribution is 0.109. The summed E-state index contributed by atoms with van der Waals surface area (Å²) in [7, 11) is 5.49. The van der Waals surface area contributed by atoms with Gasteiger partial charge in [0.25, 0.3) is 0 Å². The van der Waals surface area contributed by atoms with Crippen molar-refractivity contribution in [3.63, 3.8) is 0 Å². The Labute approximate surface area is 204 Å². The van der Waals surface area contributed by atoms with Crippen LogP contribution in [0.15, 0.2) is 30.3 Å². The number of alkyl halides is 1. The summed E-state index contributed by atoms with van der Waals surface area (Å²) in [5, 5.41) is 8.96. The number of benzene rings is 2. The molecule has 0 radical (unpaired) electrons. The number of nitrogens with zero attached hydrogens (tertiary/aromatic N) is 1. The number of rotatable bonds is 10. The van der Waals surface area contributed by atoms with Crippen molar-refractivity contribution in [3.8, 4) is 23.0 Å². The third-order valence-corrected chi connectivity index (χ3v) is 5.89. The zero-order valence-corrected chi connectivity index (χ0v) is 22.0. The van der Waals surface area contributed by atoms with Crippen molar-refractivity contribution in [1.29, 1.82) is 0 Å². The molecular weight excluding hydrogens is 437 g/mol. The van der Waals surface area contributed by atoms with Crippen molar-refractivity contribution < 1.29 is 28.4 Å². The van der Waals surface area contributed by atoms with Gasteiger partial charge in [0, 0.05) is 18.6 Å². The van der Waals surface area contributed by atoms with E-state index in [0.717, 1.165) is 37.4 Å². The first-order chi connectivity index (χ1) is 16.4. The molecule has 2 aromatic rings. The van der Waals surface area contributed by atoms with E-state index in [1.54, 1.807) is 21.3 Å². The Bertz CT molecular complexity index is 839. The molecule has 3 rings (SSSR count). The fourth-order valence-corrected chi connectivity index (χ4v) is 3.90. The molecule has 192 valence electrons. The molecule has 0 aromatic heterocycles. The van der Waals surface area contributed by atoms with Gasteiger partial charge in [-0.1, -0.05) is 19.9 Å². The number of aryl methyl sites for hydroxylation is 1. The zero-order valence-electron chi connectivity index (χ0n) is 22.0. The largest absolute Gasteiger partial charge is 0.493 e. The minimum atomic E-state index is -0.0188. The van der Waals surface area contributed by atoms with Gasteiger partial charge in [0.15, 0.2) is 23.0 Å². The van der Waals surface area contributed by atoms with Crippen LogP contribution in [-0.2, 0) is 19.5 Å². The van der Waals surface area contributed by atoms with Crippen LogP contribution in [0.5, 0.6) is 23.0 Å². The third kappa shape index (κ3) is 7.50. The molecule has 1 aliphatic heterocycles. The van der Waals surface area contributed by atoms with Crippen LogP contribution in [-0.4, -0.2) is 57.3 Å². The topological polar surface area (TPSA) is 60.4 Å². The molecule has 0 amide bonds. The molecule has 0 spiro atoms. The van der Waals surface area contributed by atoms with Crippen molar-refractivity contribution in [2.75, 3.05) is 41.7 Å². The number of fused-ring (bicyclic) bond motifs is 1. The fraction of sp³-hybridized carbons (Fsp3) is 0.556. The SMILES string of the molecule is CC.CF.COc1cc2c(cc1OC)CN(C(C)(C)CCc1ccc(OCCO)c(OC)c1)C2. The van der Waals surface area contributed by atoms with Crippen molar-refractivity contribution >= 4 is 0 Å². The van der Waals surface area contributed by atoms with E-state index in [0.29, 0.717) is 18.7 Å². The predicted octanol–water partition coefficient (Wildman–Crippen LogP) is 5.42. The number of aliphatic hydroxyl groups is 1. The van der Waals surface area contributed by atoms with Gasteiger partial charge in [-0.25, -0.2) is 0 Å². The summed E-state index contributed by atoms with van der Waals surface area (Å²) >= 11 is 0. The van der Waals surface area contributed by atoms with E-state index in [1.165, 1.54) is 16.7 Å². The third-order valence-electron chi connectivity index (χ3n) is 5.89. The molecule has 1 N–H and O–H groups in total. The van der Waals surface area contributed by atoms with Gasteiger partial charge in [-0.2, -0.15) is 0 Å². The number of hydrogen-bond acceptors (Lipinski definition) is 6. The first kappa shape index (κ1) is 29.5. The molecular formula is C27H42FNO5. The van der Waals surface area contributed by atoms with Crippen LogP contribution in [0.2, 0.25) is 0 Å². The Morgan fingerprint density at radius 1 is 0.853 bits per heavy atom. The molecule has 0 fully saturated rings. The number of aliphatic hydroxyl groups excluding tert-OH is 1. The van der Waals surface area contributed by atoms with Crippen LogP contribution in [0.1, 0.15) is 50.8 Å². The van der Waals surface area contributed by atoms with E-state index >= 15 is 0 Å². The summed E-state index contributed by atoms with van der Waals surface area (Å²) in [4.78, 5) is 2.51. The molecule has 2 aromatic carbocycles. The summed E-state index contributed by atoms with van der Waals surface area (Å²) in [5.74, 6) is 2.93. The molecule has 7 heteroatoms. The van der Waals surface area contributed by atoms with Crippen molar-refractivity contribution in [2.45, 2.75) is 59.2 Å². The maximum absolute atomic E-state index is 9.50. The smallest absolute Gasteiger partial charge is 0.161 e. The van der Waals surface area contributed by atoms with Crippen LogP contribution in [0, 0.1) is 0 Å². The molecule has 0 atom stereocenters. The number of ether oxygens (including phenoxy) is 4. The van der Waals surface area contributed by atoms with Gasteiger partial charge < -0.3 is 24.1 Å². The lowest BCUT2D eigenvalue weighted by Crippen LogP contribution is -2.40. The molecule has 0 aliphatic carbocycles. The van der Waals surface area contributed by atoms with Gasteiger partial charge >= 0.3 is 0 Å². The quantitative estimate of drug-likeness (QED) is 0.491. The monoisotopic (exact) mass is 479 g/mol. The van der Waals surface area contributed by atoms with Crippen LogP contribution >= 0.6 is 0 Å². The lowest BCUT2D eigenvalue weighted by atomic mass is 9.93. The van der Waals surface area contributed by atoms with Crippen molar-refractivity contribution in [2.24, 2.45) is 0 Å². The highest BCUT2D eigenvalue weighted by atomic mass is 19.1. The van der Waals surface area contributed by atoms with Crippen LogP contribution in [0.25, 0.3) is 0 Å². The normalized spacial score (nSPS) is 12.5. The molecule has 34 heavy (non-hydrogen) atoms. The van der Waals surface area contributed by atoms with Gasteiger partial charge in [-0.3, -0.25) is 9.29 Å². The van der Waals surface area contributed by atoms with E-state index < -0.39 is 0 Å². The van der Waals surface area contributed by atoms with E-state index in [2.05, 4.69) is 36.9 Å². The van der Waals surface area contributed by atoms with Gasteiger partial charge in [-0.15, -0.1) is 0 Å². The highest BCUT2D eigenvalue weighted by molar-refractivity contribution is 5.49. The summed E-state index contributed by atoms with van der Waals surface area (Å²) < 4.78 is 31.4. The summed E-state index contributed by atoms with van der Waals surface area (Å²) in [6.45, 7) is 10.6. The second-order valence-electron chi connectivity index (χ2n) is 8.20. The van der Waals surface area contributed by atoms with Gasteiger partial charge in [-0.05, 0) is 67.6 Å². The van der Waals surface area contributed by atoms with E-state index in [9.17, 15) is 4.39 Å². The average molecular weight is 480 g/mol. The molecule has 0 bridgehead atoms. The summed E-state index contributed by atoms with van der Waals surface area (Å²) in [6, 6.07) is 10.2. The number of methoxy groups -OCH3 is 3. The predicted molar refractivity (Wildman–Crippen MR) is 135 cm³/mol. The number of halogens is 1. The fourth-order valence-electron chi connectivity index (χ4n) is 3.90. The molecule has 6 nitrogen and oxygen atoms in total. The van der Waals surface area contributed by atoms with Crippen LogP contribution in [0.4, 0.5) is 4.39 Å². The highest BCUT2D eigenvalue weighted by Crippen LogP contribution is 2.38. The van der Waals surface area contributed by atoms with Gasteiger partial charge in [0.2, 0.25) is 0 Å². The first-order valence-corrected chi connectivity index (χ1v) is 11.7.